The van der Waals surface area contributed by atoms with Gasteiger partial charge in [0, 0.05) is 0 Å². The molecule has 0 heterocycles. The summed E-state index contributed by atoms with van der Waals surface area (Å²) in [6.45, 7) is 17.7. The van der Waals surface area contributed by atoms with Gasteiger partial charge in [-0.3, -0.25) is 0 Å². The zero-order chi connectivity index (χ0) is 10.6. The smallest absolute Gasteiger partial charge is 0.133 e. The summed E-state index contributed by atoms with van der Waals surface area (Å²) in [5, 5.41) is 0. The van der Waals surface area contributed by atoms with Crippen molar-refractivity contribution in [2.24, 2.45) is 0 Å². The van der Waals surface area contributed by atoms with Gasteiger partial charge in [-0.25, -0.2) is 0 Å². The van der Waals surface area contributed by atoms with E-state index in [9.17, 15) is 0 Å². The molecule has 0 spiro atoms. The molecule has 0 aliphatic heterocycles. The number of nitrogens with one attached hydrogen (secondary N) is 1. The molecular weight excluding hydrogens is 174 g/mol. The van der Waals surface area contributed by atoms with Gasteiger partial charge >= 0.3 is 0 Å². The molecule has 0 amide bonds. The minimum atomic E-state index is -1.28. The van der Waals surface area contributed by atoms with Crippen molar-refractivity contribution in [2.75, 3.05) is 6.54 Å². The molecule has 0 bridgehead atoms. The highest BCUT2D eigenvalue weighted by Crippen LogP contribution is 2.38. The lowest BCUT2D eigenvalue weighted by molar-refractivity contribution is 0.741. The second kappa shape index (κ2) is 5.16. The van der Waals surface area contributed by atoms with E-state index in [0.29, 0.717) is 0 Å². The van der Waals surface area contributed by atoms with E-state index in [1.54, 1.807) is 0 Å². The van der Waals surface area contributed by atoms with E-state index in [-0.39, 0.29) is 0 Å². The topological polar surface area (TPSA) is 12.0 Å². The van der Waals surface area contributed by atoms with E-state index in [4.69, 9.17) is 0 Å². The highest BCUT2D eigenvalue weighted by atomic mass is 28.3. The molecule has 0 aliphatic carbocycles. The maximum Gasteiger partial charge on any atom is 0.133 e. The second-order valence-electron chi connectivity index (χ2n) is 4.93. The summed E-state index contributed by atoms with van der Waals surface area (Å²) in [5.74, 6) is 0. The summed E-state index contributed by atoms with van der Waals surface area (Å²) in [6.07, 6.45) is 0. The lowest BCUT2D eigenvalue weighted by Crippen LogP contribution is -2.57. The first kappa shape index (κ1) is 13.2. The molecule has 0 aromatic heterocycles. The van der Waals surface area contributed by atoms with E-state index in [1.807, 2.05) is 0 Å². The maximum absolute atomic E-state index is 3.83. The van der Waals surface area contributed by atoms with Gasteiger partial charge in [0.25, 0.3) is 0 Å². The molecule has 0 aliphatic rings. The molecule has 0 rings (SSSR count). The lowest BCUT2D eigenvalue weighted by atomic mass is 10.5. The van der Waals surface area contributed by atoms with Gasteiger partial charge in [0.2, 0.25) is 0 Å². The lowest BCUT2D eigenvalue weighted by Gasteiger charge is -2.43. The second-order valence-corrected chi connectivity index (χ2v) is 10.6. The number of rotatable bonds is 5. The van der Waals surface area contributed by atoms with Crippen LogP contribution in [-0.2, 0) is 0 Å². The van der Waals surface area contributed by atoms with Crippen LogP contribution in [0.25, 0.3) is 0 Å². The van der Waals surface area contributed by atoms with Crippen LogP contribution in [0.5, 0.6) is 0 Å². The summed E-state index contributed by atoms with van der Waals surface area (Å²) in [5.41, 5.74) is 2.48. The van der Waals surface area contributed by atoms with Gasteiger partial charge in [-0.15, -0.1) is 0 Å². The van der Waals surface area contributed by atoms with Crippen molar-refractivity contribution >= 4 is 8.24 Å². The number of hydrogen-bond donors (Lipinski definition) is 1. The van der Waals surface area contributed by atoms with Crippen LogP contribution >= 0.6 is 0 Å². The Morgan fingerprint density at radius 1 is 0.846 bits per heavy atom. The molecule has 0 saturated heterocycles. The zero-order valence-corrected chi connectivity index (χ0v) is 11.4. The Hall–Kier alpha value is 0.177. The van der Waals surface area contributed by atoms with Crippen LogP contribution in [0.4, 0.5) is 0 Å². The maximum atomic E-state index is 3.83. The summed E-state index contributed by atoms with van der Waals surface area (Å²) in [7, 11) is -1.28. The molecule has 0 unspecified atom stereocenters. The van der Waals surface area contributed by atoms with Gasteiger partial charge in [0.15, 0.2) is 0 Å². The van der Waals surface area contributed by atoms with Crippen LogP contribution < -0.4 is 4.98 Å². The minimum Gasteiger partial charge on any atom is -0.337 e. The van der Waals surface area contributed by atoms with E-state index in [0.717, 1.165) is 23.2 Å². The van der Waals surface area contributed by atoms with Crippen molar-refractivity contribution < 1.29 is 0 Å². The highest BCUT2D eigenvalue weighted by molar-refractivity contribution is 6.81. The molecule has 0 atom stereocenters. The fourth-order valence-corrected chi connectivity index (χ4v) is 8.76. The van der Waals surface area contributed by atoms with Gasteiger partial charge in [-0.2, -0.15) is 0 Å². The summed E-state index contributed by atoms with van der Waals surface area (Å²) in [4.78, 5) is 3.83. The molecule has 1 N–H and O–H groups in total. The van der Waals surface area contributed by atoms with Crippen LogP contribution in [-0.4, -0.2) is 14.8 Å². The van der Waals surface area contributed by atoms with E-state index >= 15 is 0 Å². The normalized spacial score (nSPS) is 13.4. The molecule has 0 fully saturated rings. The molecule has 0 saturated carbocycles. The summed E-state index contributed by atoms with van der Waals surface area (Å²) < 4.78 is 0. The molecule has 0 aromatic rings. The Morgan fingerprint density at radius 3 is 1.23 bits per heavy atom. The first-order valence-electron chi connectivity index (χ1n) is 5.64. The van der Waals surface area contributed by atoms with Crippen molar-refractivity contribution in [2.45, 2.75) is 65.1 Å². The van der Waals surface area contributed by atoms with Crippen LogP contribution in [0.15, 0.2) is 0 Å². The Labute approximate surface area is 85.4 Å². The predicted octanol–water partition coefficient (Wildman–Crippen LogP) is 3.77. The largest absolute Gasteiger partial charge is 0.337 e. The molecule has 80 valence electrons. The Morgan fingerprint density at radius 2 is 1.15 bits per heavy atom. The molecule has 13 heavy (non-hydrogen) atoms. The van der Waals surface area contributed by atoms with Crippen molar-refractivity contribution in [3.8, 4) is 0 Å². The molecule has 2 heteroatoms. The van der Waals surface area contributed by atoms with Gasteiger partial charge in [0.1, 0.15) is 8.24 Å². The third-order valence-corrected chi connectivity index (χ3v) is 10.0. The van der Waals surface area contributed by atoms with Gasteiger partial charge in [0.05, 0.1) is 0 Å². The fraction of sp³-hybridized carbons (Fsp3) is 1.00. The average Bonchev–Trinajstić information content (AvgIpc) is 1.97. The molecular formula is C11H27NSi. The van der Waals surface area contributed by atoms with Crippen LogP contribution in [0.3, 0.4) is 0 Å². The first-order chi connectivity index (χ1) is 5.89. The Bertz CT molecular complexity index is 119. The van der Waals surface area contributed by atoms with Gasteiger partial charge < -0.3 is 4.98 Å². The Kier molecular flexibility index (Phi) is 5.23. The monoisotopic (exact) mass is 201 g/mol. The predicted molar refractivity (Wildman–Crippen MR) is 64.7 cm³/mol. The fourth-order valence-electron chi connectivity index (χ4n) is 2.92. The molecule has 0 aromatic carbocycles. The standard InChI is InChI=1S/C11H27NSi/c1-8-12-13(9(2)3,10(4)5)11(6)7/h9-12H,8H2,1-7H3. The number of hydrogen-bond acceptors (Lipinski definition) is 1. The van der Waals surface area contributed by atoms with Crippen molar-refractivity contribution in [1.82, 2.24) is 4.98 Å². The van der Waals surface area contributed by atoms with Crippen LogP contribution in [0.2, 0.25) is 16.6 Å². The third-order valence-electron chi connectivity index (χ3n) is 3.35. The highest BCUT2D eigenvalue weighted by Gasteiger charge is 2.41. The van der Waals surface area contributed by atoms with Crippen molar-refractivity contribution in [3.05, 3.63) is 0 Å². The van der Waals surface area contributed by atoms with E-state index in [1.165, 1.54) is 0 Å². The summed E-state index contributed by atoms with van der Waals surface area (Å²) in [6, 6.07) is 0. The van der Waals surface area contributed by atoms with Crippen molar-refractivity contribution in [1.29, 1.82) is 0 Å². The SMILES string of the molecule is CCN[Si](C(C)C)(C(C)C)C(C)C. The van der Waals surface area contributed by atoms with E-state index < -0.39 is 8.24 Å². The average molecular weight is 201 g/mol. The third kappa shape index (κ3) is 2.56. The van der Waals surface area contributed by atoms with Crippen molar-refractivity contribution in [3.63, 3.8) is 0 Å². The van der Waals surface area contributed by atoms with Crippen LogP contribution in [0, 0.1) is 0 Å². The van der Waals surface area contributed by atoms with Gasteiger partial charge in [-0.05, 0) is 23.2 Å². The molecule has 0 radical (unpaired) electrons. The Balaban J connectivity index is 4.82. The first-order valence-corrected chi connectivity index (χ1v) is 7.87. The van der Waals surface area contributed by atoms with E-state index in [2.05, 4.69) is 53.4 Å². The summed E-state index contributed by atoms with van der Waals surface area (Å²) >= 11 is 0. The molecule has 1 nitrogen and oxygen atoms in total. The van der Waals surface area contributed by atoms with Gasteiger partial charge in [-0.1, -0.05) is 48.5 Å². The quantitative estimate of drug-likeness (QED) is 0.668. The van der Waals surface area contributed by atoms with Crippen LogP contribution in [0.1, 0.15) is 48.5 Å². The zero-order valence-electron chi connectivity index (χ0n) is 10.4. The minimum absolute atomic E-state index is 0.826.